The molecule has 2 aromatic rings. The van der Waals surface area contributed by atoms with Crippen LogP contribution in [-0.4, -0.2) is 41.8 Å². The summed E-state index contributed by atoms with van der Waals surface area (Å²) in [5, 5.41) is 0. The Bertz CT molecular complexity index is 639. The lowest BCUT2D eigenvalue weighted by Gasteiger charge is -2.32. The molecule has 0 saturated heterocycles. The van der Waals surface area contributed by atoms with Crippen LogP contribution in [0.1, 0.15) is 22.9 Å². The molecule has 22 heavy (non-hydrogen) atoms. The van der Waals surface area contributed by atoms with Crippen LogP contribution in [0.2, 0.25) is 0 Å². The molecule has 0 unspecified atom stereocenters. The van der Waals surface area contributed by atoms with Crippen molar-refractivity contribution in [2.75, 3.05) is 27.4 Å². The Morgan fingerprint density at radius 2 is 2.18 bits per heavy atom. The molecule has 5 heteroatoms. The third-order valence-corrected chi connectivity index (χ3v) is 4.21. The second kappa shape index (κ2) is 6.50. The molecular formula is C17H23N3O2. The van der Waals surface area contributed by atoms with Gasteiger partial charge in [0.15, 0.2) is 0 Å². The van der Waals surface area contributed by atoms with E-state index in [1.807, 2.05) is 18.5 Å². The summed E-state index contributed by atoms with van der Waals surface area (Å²) in [5.41, 5.74) is 3.73. The molecule has 0 saturated carbocycles. The molecule has 0 fully saturated rings. The molecule has 1 aromatic heterocycles. The van der Waals surface area contributed by atoms with Gasteiger partial charge in [0.1, 0.15) is 5.75 Å². The number of hydrogen-bond acceptors (Lipinski definition) is 4. The van der Waals surface area contributed by atoms with Crippen molar-refractivity contribution in [3.05, 3.63) is 47.5 Å². The predicted octanol–water partition coefficient (Wildman–Crippen LogP) is 2.17. The summed E-state index contributed by atoms with van der Waals surface area (Å²) in [6.45, 7) is 3.49. The molecule has 0 radical (unpaired) electrons. The van der Waals surface area contributed by atoms with Gasteiger partial charge in [-0.3, -0.25) is 4.90 Å². The second-order valence-corrected chi connectivity index (χ2v) is 5.86. The van der Waals surface area contributed by atoms with E-state index in [2.05, 4.69) is 33.6 Å². The predicted molar refractivity (Wildman–Crippen MR) is 84.9 cm³/mol. The quantitative estimate of drug-likeness (QED) is 0.848. The Kier molecular flexibility index (Phi) is 4.45. The van der Waals surface area contributed by atoms with Crippen molar-refractivity contribution in [1.29, 1.82) is 0 Å². The normalized spacial score (nSPS) is 18.2. The topological polar surface area (TPSA) is 39.5 Å². The first kappa shape index (κ1) is 15.1. The van der Waals surface area contributed by atoms with Gasteiger partial charge in [0.25, 0.3) is 0 Å². The summed E-state index contributed by atoms with van der Waals surface area (Å²) in [4.78, 5) is 6.98. The van der Waals surface area contributed by atoms with Gasteiger partial charge in [-0.15, -0.1) is 0 Å². The molecule has 0 amide bonds. The fraction of sp³-hybridized carbons (Fsp3) is 0.471. The number of nitrogens with zero attached hydrogens (tertiary/aromatic N) is 3. The third-order valence-electron chi connectivity index (χ3n) is 4.21. The molecule has 0 spiro atoms. The highest BCUT2D eigenvalue weighted by molar-refractivity contribution is 5.29. The van der Waals surface area contributed by atoms with E-state index < -0.39 is 0 Å². The Hall–Kier alpha value is -1.85. The zero-order valence-electron chi connectivity index (χ0n) is 13.5. The average molecular weight is 301 g/mol. The lowest BCUT2D eigenvalue weighted by molar-refractivity contribution is 0.132. The standard InChI is InChI=1S/C17H23N3O2/c1-19-12-18-16-10-20(9-14(11-21-2)17(16)19)8-13-5-4-6-15(7-13)22-3/h4-7,12,14H,8-11H2,1-3H3/t14-/m0/s1. The molecule has 1 aromatic carbocycles. The zero-order valence-corrected chi connectivity index (χ0v) is 13.5. The Balaban J connectivity index is 1.78. The summed E-state index contributed by atoms with van der Waals surface area (Å²) >= 11 is 0. The fourth-order valence-electron chi connectivity index (χ4n) is 3.29. The van der Waals surface area contributed by atoms with Gasteiger partial charge in [0.2, 0.25) is 0 Å². The number of benzene rings is 1. The summed E-state index contributed by atoms with van der Waals surface area (Å²) in [7, 11) is 5.53. The van der Waals surface area contributed by atoms with Crippen LogP contribution in [0, 0.1) is 0 Å². The Labute approximate surface area is 131 Å². The van der Waals surface area contributed by atoms with Crippen molar-refractivity contribution in [3.8, 4) is 5.75 Å². The van der Waals surface area contributed by atoms with Gasteiger partial charge in [-0.25, -0.2) is 4.98 Å². The van der Waals surface area contributed by atoms with Crippen molar-refractivity contribution in [3.63, 3.8) is 0 Å². The van der Waals surface area contributed by atoms with Crippen LogP contribution in [0.5, 0.6) is 5.75 Å². The molecule has 1 atom stereocenters. The van der Waals surface area contributed by atoms with E-state index in [1.165, 1.54) is 17.0 Å². The minimum absolute atomic E-state index is 0.367. The van der Waals surface area contributed by atoms with Crippen molar-refractivity contribution >= 4 is 0 Å². The molecule has 1 aliphatic heterocycles. The number of imidazole rings is 1. The van der Waals surface area contributed by atoms with Crippen LogP contribution in [-0.2, 0) is 24.9 Å². The van der Waals surface area contributed by atoms with E-state index in [0.717, 1.165) is 32.0 Å². The average Bonchev–Trinajstić information content (AvgIpc) is 2.89. The number of aromatic nitrogens is 2. The van der Waals surface area contributed by atoms with Gasteiger partial charge in [-0.1, -0.05) is 12.1 Å². The van der Waals surface area contributed by atoms with Crippen molar-refractivity contribution in [2.24, 2.45) is 7.05 Å². The summed E-state index contributed by atoms with van der Waals surface area (Å²) in [6.07, 6.45) is 1.91. The van der Waals surface area contributed by atoms with E-state index in [0.29, 0.717) is 5.92 Å². The summed E-state index contributed by atoms with van der Waals surface area (Å²) < 4.78 is 12.8. The van der Waals surface area contributed by atoms with Crippen molar-refractivity contribution < 1.29 is 9.47 Å². The van der Waals surface area contributed by atoms with Crippen LogP contribution in [0.4, 0.5) is 0 Å². The van der Waals surface area contributed by atoms with Crippen LogP contribution >= 0.6 is 0 Å². The van der Waals surface area contributed by atoms with Gasteiger partial charge in [-0.2, -0.15) is 0 Å². The first-order valence-electron chi connectivity index (χ1n) is 7.55. The van der Waals surface area contributed by atoms with Gasteiger partial charge in [0.05, 0.1) is 25.7 Å². The van der Waals surface area contributed by atoms with Crippen molar-refractivity contribution in [2.45, 2.75) is 19.0 Å². The smallest absolute Gasteiger partial charge is 0.119 e. The van der Waals surface area contributed by atoms with E-state index in [1.54, 1.807) is 14.2 Å². The van der Waals surface area contributed by atoms with Crippen LogP contribution in [0.25, 0.3) is 0 Å². The minimum atomic E-state index is 0.367. The Morgan fingerprint density at radius 3 is 2.95 bits per heavy atom. The molecule has 0 N–H and O–H groups in total. The molecule has 3 rings (SSSR count). The number of ether oxygens (including phenoxy) is 2. The maximum atomic E-state index is 5.41. The molecule has 2 heterocycles. The van der Waals surface area contributed by atoms with Crippen molar-refractivity contribution in [1.82, 2.24) is 14.5 Å². The second-order valence-electron chi connectivity index (χ2n) is 5.86. The van der Waals surface area contributed by atoms with Crippen LogP contribution in [0.3, 0.4) is 0 Å². The number of rotatable bonds is 5. The Morgan fingerprint density at radius 1 is 1.32 bits per heavy atom. The first-order chi connectivity index (χ1) is 10.7. The van der Waals surface area contributed by atoms with Crippen LogP contribution < -0.4 is 4.74 Å². The maximum Gasteiger partial charge on any atom is 0.119 e. The third kappa shape index (κ3) is 3.00. The molecule has 1 aliphatic rings. The van der Waals surface area contributed by atoms with Gasteiger partial charge < -0.3 is 14.0 Å². The van der Waals surface area contributed by atoms with E-state index in [-0.39, 0.29) is 0 Å². The highest BCUT2D eigenvalue weighted by Crippen LogP contribution is 2.28. The molecule has 0 aliphatic carbocycles. The number of hydrogen-bond donors (Lipinski definition) is 0. The highest BCUT2D eigenvalue weighted by atomic mass is 16.5. The largest absolute Gasteiger partial charge is 0.497 e. The van der Waals surface area contributed by atoms with Gasteiger partial charge >= 0.3 is 0 Å². The zero-order chi connectivity index (χ0) is 15.5. The summed E-state index contributed by atoms with van der Waals surface area (Å²) in [6, 6.07) is 8.25. The molecular weight excluding hydrogens is 278 g/mol. The van der Waals surface area contributed by atoms with Gasteiger partial charge in [-0.05, 0) is 17.7 Å². The van der Waals surface area contributed by atoms with Gasteiger partial charge in [0, 0.05) is 45.4 Å². The number of aryl methyl sites for hydroxylation is 1. The lowest BCUT2D eigenvalue weighted by Crippen LogP contribution is -2.35. The molecule has 0 bridgehead atoms. The van der Waals surface area contributed by atoms with E-state index in [9.17, 15) is 0 Å². The van der Waals surface area contributed by atoms with E-state index >= 15 is 0 Å². The van der Waals surface area contributed by atoms with E-state index in [4.69, 9.17) is 9.47 Å². The molecule has 118 valence electrons. The summed E-state index contributed by atoms with van der Waals surface area (Å²) in [5.74, 6) is 1.27. The monoisotopic (exact) mass is 301 g/mol. The highest BCUT2D eigenvalue weighted by Gasteiger charge is 2.28. The SMILES string of the molecule is COC[C@@H]1CN(Cc2cccc(OC)c2)Cc2ncn(C)c21. The number of fused-ring (bicyclic) bond motifs is 1. The number of methoxy groups -OCH3 is 2. The van der Waals surface area contributed by atoms with Crippen LogP contribution in [0.15, 0.2) is 30.6 Å². The lowest BCUT2D eigenvalue weighted by atomic mass is 9.98. The minimum Gasteiger partial charge on any atom is -0.497 e. The first-order valence-corrected chi connectivity index (χ1v) is 7.55. The molecule has 5 nitrogen and oxygen atoms in total. The maximum absolute atomic E-state index is 5.41. The fourth-order valence-corrected chi connectivity index (χ4v) is 3.29.